The number of nitrogens with one attached hydrogen (secondary N) is 1. The highest BCUT2D eigenvalue weighted by Crippen LogP contribution is 2.32. The van der Waals surface area contributed by atoms with Crippen LogP contribution in [-0.4, -0.2) is 16.7 Å². The molecule has 33 heavy (non-hydrogen) atoms. The Bertz CT molecular complexity index is 1220. The Morgan fingerprint density at radius 1 is 0.818 bits per heavy atom. The van der Waals surface area contributed by atoms with Crippen LogP contribution in [-0.2, 0) is 21.5 Å². The van der Waals surface area contributed by atoms with Crippen molar-refractivity contribution in [3.63, 3.8) is 0 Å². The van der Waals surface area contributed by atoms with Crippen LogP contribution in [0.3, 0.4) is 0 Å². The summed E-state index contributed by atoms with van der Waals surface area (Å²) in [6, 6.07) is 22.8. The molecule has 0 fully saturated rings. The number of anilines is 1. The molecule has 0 radical (unpaired) electrons. The molecule has 2 amide bonds. The van der Waals surface area contributed by atoms with Gasteiger partial charge in [0.2, 0.25) is 0 Å². The highest BCUT2D eigenvalue weighted by atomic mass is 35.5. The third-order valence-corrected chi connectivity index (χ3v) is 6.03. The minimum Gasteiger partial charge on any atom is -0.350 e. The van der Waals surface area contributed by atoms with Gasteiger partial charge < -0.3 is 5.32 Å². The molecule has 1 aliphatic rings. The molecule has 4 rings (SSSR count). The number of carbonyl (C=O) groups is 2. The van der Waals surface area contributed by atoms with E-state index in [1.54, 1.807) is 12.1 Å². The first-order valence-corrected chi connectivity index (χ1v) is 11.3. The number of amides is 2. The number of rotatable bonds is 5. The summed E-state index contributed by atoms with van der Waals surface area (Å²) in [5.74, 6) is -0.655. The average Bonchev–Trinajstić information content (AvgIpc) is 3.00. The maximum atomic E-state index is 13.4. The zero-order valence-corrected chi connectivity index (χ0v) is 20.0. The zero-order chi connectivity index (χ0) is 23.8. The molecule has 0 saturated carbocycles. The Kier molecular flexibility index (Phi) is 6.13. The fourth-order valence-corrected chi connectivity index (χ4v) is 3.92. The third kappa shape index (κ3) is 4.86. The highest BCUT2D eigenvalue weighted by Gasteiger charge is 2.39. The fraction of sp³-hybridized carbons (Fsp3) is 0.214. The van der Waals surface area contributed by atoms with Crippen molar-refractivity contribution in [1.82, 2.24) is 4.90 Å². The molecular weight excluding hydrogens is 432 g/mol. The maximum Gasteiger partial charge on any atom is 0.278 e. The summed E-state index contributed by atoms with van der Waals surface area (Å²) in [7, 11) is 0. The lowest BCUT2D eigenvalue weighted by Gasteiger charge is -2.19. The van der Waals surface area contributed by atoms with Crippen molar-refractivity contribution in [1.29, 1.82) is 0 Å². The van der Waals surface area contributed by atoms with E-state index in [0.29, 0.717) is 21.9 Å². The average molecular weight is 459 g/mol. The second-order valence-corrected chi connectivity index (χ2v) is 9.83. The number of carbonyl (C=O) groups excluding carboxylic acids is 2. The van der Waals surface area contributed by atoms with Crippen LogP contribution in [0.25, 0.3) is 5.57 Å². The minimum atomic E-state index is -0.342. The van der Waals surface area contributed by atoms with E-state index in [-0.39, 0.29) is 23.8 Å². The Labute approximate surface area is 199 Å². The summed E-state index contributed by atoms with van der Waals surface area (Å²) in [5, 5.41) is 3.84. The van der Waals surface area contributed by atoms with Crippen LogP contribution in [0.2, 0.25) is 5.02 Å². The molecule has 0 atom stereocenters. The Morgan fingerprint density at radius 3 is 2.00 bits per heavy atom. The molecule has 0 aliphatic carbocycles. The van der Waals surface area contributed by atoms with Gasteiger partial charge in [0.15, 0.2) is 0 Å². The van der Waals surface area contributed by atoms with E-state index in [2.05, 4.69) is 26.1 Å². The summed E-state index contributed by atoms with van der Waals surface area (Å²) >= 11 is 5.99. The van der Waals surface area contributed by atoms with Gasteiger partial charge in [0.1, 0.15) is 5.70 Å². The Hall–Kier alpha value is -3.37. The third-order valence-electron chi connectivity index (χ3n) is 5.78. The second kappa shape index (κ2) is 8.87. The molecule has 1 aliphatic heterocycles. The van der Waals surface area contributed by atoms with E-state index < -0.39 is 0 Å². The van der Waals surface area contributed by atoms with Gasteiger partial charge in [-0.1, -0.05) is 86.5 Å². The molecule has 4 nitrogen and oxygen atoms in total. The van der Waals surface area contributed by atoms with Gasteiger partial charge in [-0.05, 0) is 53.3 Å². The SMILES string of the molecule is Cc1ccc(C2=C(Nc3ccc(C(C)(C)C)cc3)C(=O)N(Cc3ccc(Cl)cc3)C2=O)cc1. The van der Waals surface area contributed by atoms with Crippen molar-refractivity contribution in [3.05, 3.63) is 106 Å². The highest BCUT2D eigenvalue weighted by molar-refractivity contribution is 6.36. The first-order valence-electron chi connectivity index (χ1n) is 10.9. The molecule has 0 saturated heterocycles. The van der Waals surface area contributed by atoms with Gasteiger partial charge in [-0.3, -0.25) is 14.5 Å². The van der Waals surface area contributed by atoms with Crippen LogP contribution in [0.15, 0.2) is 78.5 Å². The van der Waals surface area contributed by atoms with E-state index in [1.807, 2.05) is 67.6 Å². The van der Waals surface area contributed by atoms with Crippen molar-refractivity contribution in [3.8, 4) is 0 Å². The van der Waals surface area contributed by atoms with Crippen LogP contribution in [0.1, 0.15) is 43.0 Å². The molecule has 1 N–H and O–H groups in total. The predicted octanol–water partition coefficient (Wildman–Crippen LogP) is 6.34. The lowest BCUT2D eigenvalue weighted by Crippen LogP contribution is -2.32. The fourth-order valence-electron chi connectivity index (χ4n) is 3.79. The van der Waals surface area contributed by atoms with E-state index in [9.17, 15) is 9.59 Å². The molecule has 1 heterocycles. The molecular formula is C28H27ClN2O2. The van der Waals surface area contributed by atoms with E-state index in [1.165, 1.54) is 10.5 Å². The van der Waals surface area contributed by atoms with Gasteiger partial charge in [0.25, 0.3) is 11.8 Å². The monoisotopic (exact) mass is 458 g/mol. The Balaban J connectivity index is 1.70. The lowest BCUT2D eigenvalue weighted by molar-refractivity contribution is -0.137. The Morgan fingerprint density at radius 2 is 1.42 bits per heavy atom. The summed E-state index contributed by atoms with van der Waals surface area (Å²) in [4.78, 5) is 28.1. The molecule has 168 valence electrons. The van der Waals surface area contributed by atoms with Crippen molar-refractivity contribution in [2.45, 2.75) is 39.7 Å². The van der Waals surface area contributed by atoms with Crippen molar-refractivity contribution >= 4 is 34.7 Å². The van der Waals surface area contributed by atoms with Gasteiger partial charge in [-0.2, -0.15) is 0 Å². The standard InChI is InChI=1S/C28H27ClN2O2/c1-18-5-9-20(10-6-18)24-25(30-23-15-11-21(12-16-23)28(2,3)4)27(33)31(26(24)32)17-19-7-13-22(29)14-8-19/h5-16,30H,17H2,1-4H3. The molecule has 0 bridgehead atoms. The molecule has 5 heteroatoms. The van der Waals surface area contributed by atoms with E-state index in [4.69, 9.17) is 11.6 Å². The van der Waals surface area contributed by atoms with Crippen LogP contribution in [0, 0.1) is 6.92 Å². The number of imide groups is 1. The van der Waals surface area contributed by atoms with Gasteiger partial charge in [0, 0.05) is 10.7 Å². The van der Waals surface area contributed by atoms with Crippen LogP contribution >= 0.6 is 11.6 Å². The number of benzene rings is 3. The van der Waals surface area contributed by atoms with Gasteiger partial charge in [-0.25, -0.2) is 0 Å². The first kappa shape index (κ1) is 22.8. The molecule has 3 aromatic rings. The van der Waals surface area contributed by atoms with Gasteiger partial charge >= 0.3 is 0 Å². The van der Waals surface area contributed by atoms with E-state index in [0.717, 1.165) is 16.8 Å². The molecule has 0 spiro atoms. The van der Waals surface area contributed by atoms with Gasteiger partial charge in [0.05, 0.1) is 12.1 Å². The maximum absolute atomic E-state index is 13.4. The first-order chi connectivity index (χ1) is 15.6. The van der Waals surface area contributed by atoms with Crippen molar-refractivity contribution < 1.29 is 9.59 Å². The largest absolute Gasteiger partial charge is 0.350 e. The quantitative estimate of drug-likeness (QED) is 0.454. The van der Waals surface area contributed by atoms with Crippen LogP contribution in [0.5, 0.6) is 0 Å². The van der Waals surface area contributed by atoms with Gasteiger partial charge in [-0.15, -0.1) is 0 Å². The summed E-state index contributed by atoms with van der Waals surface area (Å²) < 4.78 is 0. The predicted molar refractivity (Wildman–Crippen MR) is 134 cm³/mol. The molecule has 0 unspecified atom stereocenters. The number of aryl methyl sites for hydroxylation is 1. The summed E-state index contributed by atoms with van der Waals surface area (Å²) in [5.41, 5.74) is 5.29. The van der Waals surface area contributed by atoms with Crippen LogP contribution < -0.4 is 5.32 Å². The minimum absolute atomic E-state index is 0.0272. The number of nitrogens with zero attached hydrogens (tertiary/aromatic N) is 1. The second-order valence-electron chi connectivity index (χ2n) is 9.39. The van der Waals surface area contributed by atoms with Crippen molar-refractivity contribution in [2.24, 2.45) is 0 Å². The topological polar surface area (TPSA) is 49.4 Å². The molecule has 3 aromatic carbocycles. The van der Waals surface area contributed by atoms with Crippen LogP contribution in [0.4, 0.5) is 5.69 Å². The normalized spacial score (nSPS) is 14.3. The number of hydrogen-bond donors (Lipinski definition) is 1. The summed E-state index contributed by atoms with van der Waals surface area (Å²) in [6.45, 7) is 8.63. The number of halogens is 1. The molecule has 0 aromatic heterocycles. The summed E-state index contributed by atoms with van der Waals surface area (Å²) in [6.07, 6.45) is 0. The zero-order valence-electron chi connectivity index (χ0n) is 19.3. The van der Waals surface area contributed by atoms with Crippen molar-refractivity contribution in [2.75, 3.05) is 5.32 Å². The smallest absolute Gasteiger partial charge is 0.278 e. The lowest BCUT2D eigenvalue weighted by atomic mass is 9.87. The van der Waals surface area contributed by atoms with E-state index >= 15 is 0 Å². The number of hydrogen-bond acceptors (Lipinski definition) is 3.